The summed E-state index contributed by atoms with van der Waals surface area (Å²) in [5.74, 6) is -0.309. The fraction of sp³-hybridized carbons (Fsp3) is 0.227. The van der Waals surface area contributed by atoms with Crippen LogP contribution in [0.2, 0.25) is 0 Å². The number of thiazole rings is 1. The number of carbonyl (C=O) groups is 2. The van der Waals surface area contributed by atoms with E-state index in [0.717, 1.165) is 5.56 Å². The third-order valence-corrected chi connectivity index (χ3v) is 7.06. The molecule has 0 saturated carbocycles. The largest absolute Gasteiger partial charge is 0.465 e. The van der Waals surface area contributed by atoms with Crippen LogP contribution in [-0.4, -0.2) is 36.0 Å². The zero-order chi connectivity index (χ0) is 24.4. The van der Waals surface area contributed by atoms with Gasteiger partial charge in [0.2, 0.25) is 15.9 Å². The molecule has 0 spiro atoms. The Morgan fingerprint density at radius 3 is 2.21 bits per heavy atom. The minimum Gasteiger partial charge on any atom is -0.465 e. The lowest BCUT2D eigenvalue weighted by Gasteiger charge is -2.22. The number of carboxylic acid groups (broad SMARTS) is 1. The summed E-state index contributed by atoms with van der Waals surface area (Å²) in [6.07, 6.45) is 0.437. The summed E-state index contributed by atoms with van der Waals surface area (Å²) >= 11 is 1.30. The number of sulfonamides is 1. The van der Waals surface area contributed by atoms with Crippen molar-refractivity contribution in [2.75, 3.05) is 10.6 Å². The van der Waals surface area contributed by atoms with Crippen molar-refractivity contribution in [3.05, 3.63) is 48.7 Å². The second-order valence-corrected chi connectivity index (χ2v) is 11.0. The van der Waals surface area contributed by atoms with Gasteiger partial charge in [-0.1, -0.05) is 6.07 Å². The minimum absolute atomic E-state index is 0.0277. The highest BCUT2D eigenvalue weighted by atomic mass is 32.2. The van der Waals surface area contributed by atoms with Crippen LogP contribution in [0, 0.1) is 0 Å². The first-order valence-corrected chi connectivity index (χ1v) is 12.2. The van der Waals surface area contributed by atoms with Gasteiger partial charge in [0.1, 0.15) is 5.01 Å². The summed E-state index contributed by atoms with van der Waals surface area (Å²) < 4.78 is 29.0. The molecule has 174 valence electrons. The Labute approximate surface area is 195 Å². The lowest BCUT2D eigenvalue weighted by molar-refractivity contribution is -0.114. The van der Waals surface area contributed by atoms with E-state index in [1.165, 1.54) is 24.3 Å². The first-order valence-electron chi connectivity index (χ1n) is 9.86. The van der Waals surface area contributed by atoms with Crippen LogP contribution < -0.4 is 15.4 Å². The second-order valence-electron chi connectivity index (χ2n) is 8.28. The van der Waals surface area contributed by atoms with E-state index in [4.69, 9.17) is 5.11 Å². The number of nitrogens with zero attached hydrogens (tertiary/aromatic N) is 1. The molecule has 1 aromatic heterocycles. The summed E-state index contributed by atoms with van der Waals surface area (Å²) in [5.41, 5.74) is 1.30. The van der Waals surface area contributed by atoms with Crippen LogP contribution in [0.4, 0.5) is 16.2 Å². The SMILES string of the molecule is CC(=O)Nc1ccc(-c2cnc(-c3ccc(NC(=O)O)cc3)s2)c(S(=O)(=O)NC(C)(C)C)c1. The highest BCUT2D eigenvalue weighted by Crippen LogP contribution is 2.37. The van der Waals surface area contributed by atoms with Gasteiger partial charge in [-0.25, -0.2) is 22.9 Å². The monoisotopic (exact) mass is 488 g/mol. The molecule has 0 saturated heterocycles. The normalized spacial score (nSPS) is 11.8. The van der Waals surface area contributed by atoms with E-state index in [-0.39, 0.29) is 10.8 Å². The maximum absolute atomic E-state index is 13.2. The molecule has 0 aliphatic carbocycles. The van der Waals surface area contributed by atoms with Gasteiger partial charge in [0.25, 0.3) is 0 Å². The van der Waals surface area contributed by atoms with Crippen molar-refractivity contribution in [1.82, 2.24) is 9.71 Å². The molecule has 1 heterocycles. The summed E-state index contributed by atoms with van der Waals surface area (Å²) in [4.78, 5) is 27.3. The van der Waals surface area contributed by atoms with E-state index in [9.17, 15) is 18.0 Å². The molecule has 0 aliphatic rings. The van der Waals surface area contributed by atoms with Crippen molar-refractivity contribution in [1.29, 1.82) is 0 Å². The minimum atomic E-state index is -3.91. The molecule has 2 amide bonds. The summed E-state index contributed by atoms with van der Waals surface area (Å²) in [7, 11) is -3.91. The predicted octanol–water partition coefficient (Wildman–Crippen LogP) is 4.60. The molecular weight excluding hydrogens is 464 g/mol. The number of benzene rings is 2. The second kappa shape index (κ2) is 9.30. The number of carbonyl (C=O) groups excluding carboxylic acids is 1. The van der Waals surface area contributed by atoms with E-state index >= 15 is 0 Å². The quantitative estimate of drug-likeness (QED) is 0.400. The number of aromatic nitrogens is 1. The Balaban J connectivity index is 2.03. The van der Waals surface area contributed by atoms with E-state index in [2.05, 4.69) is 20.3 Å². The van der Waals surface area contributed by atoms with Crippen LogP contribution in [0.3, 0.4) is 0 Å². The van der Waals surface area contributed by atoms with E-state index in [0.29, 0.717) is 26.8 Å². The van der Waals surface area contributed by atoms with Gasteiger partial charge in [-0.3, -0.25) is 10.1 Å². The predicted molar refractivity (Wildman–Crippen MR) is 129 cm³/mol. The third-order valence-electron chi connectivity index (χ3n) is 4.19. The standard InChI is InChI=1S/C22H24N4O5S2/c1-13(27)24-16-9-10-17(19(11-16)33(30,31)26-22(2,3)4)18-12-23-20(32-18)14-5-7-15(8-6-14)25-21(28)29/h5-12,25-26H,1-4H3,(H,24,27)(H,28,29). The molecule has 0 fully saturated rings. The van der Waals surface area contributed by atoms with Crippen molar-refractivity contribution in [2.45, 2.75) is 38.1 Å². The Hall–Kier alpha value is -3.28. The molecule has 3 rings (SSSR count). The summed E-state index contributed by atoms with van der Waals surface area (Å²) in [6, 6.07) is 11.4. The van der Waals surface area contributed by atoms with Gasteiger partial charge in [0.15, 0.2) is 0 Å². The first-order chi connectivity index (χ1) is 15.3. The van der Waals surface area contributed by atoms with E-state index in [1.54, 1.807) is 63.4 Å². The molecule has 0 radical (unpaired) electrons. The molecule has 0 aliphatic heterocycles. The Bertz CT molecular complexity index is 1290. The van der Waals surface area contributed by atoms with Gasteiger partial charge in [0, 0.05) is 41.2 Å². The van der Waals surface area contributed by atoms with Crippen LogP contribution in [0.5, 0.6) is 0 Å². The van der Waals surface area contributed by atoms with Gasteiger partial charge >= 0.3 is 6.09 Å². The number of anilines is 2. The van der Waals surface area contributed by atoms with E-state index in [1.807, 2.05) is 0 Å². The molecule has 3 aromatic rings. The van der Waals surface area contributed by atoms with Crippen LogP contribution in [0.25, 0.3) is 21.0 Å². The summed E-state index contributed by atoms with van der Waals surface area (Å²) in [6.45, 7) is 6.59. The van der Waals surface area contributed by atoms with Crippen molar-refractivity contribution in [2.24, 2.45) is 0 Å². The van der Waals surface area contributed by atoms with Gasteiger partial charge in [0.05, 0.1) is 9.77 Å². The molecule has 2 aromatic carbocycles. The van der Waals surface area contributed by atoms with Crippen molar-refractivity contribution < 1.29 is 23.1 Å². The molecule has 0 bridgehead atoms. The maximum Gasteiger partial charge on any atom is 0.409 e. The highest BCUT2D eigenvalue weighted by Gasteiger charge is 2.26. The average Bonchev–Trinajstić information content (AvgIpc) is 3.16. The number of hydrogen-bond donors (Lipinski definition) is 4. The Kier molecular flexibility index (Phi) is 6.86. The lowest BCUT2D eigenvalue weighted by atomic mass is 10.1. The zero-order valence-corrected chi connectivity index (χ0v) is 20.1. The third kappa shape index (κ3) is 6.37. The van der Waals surface area contributed by atoms with Gasteiger partial charge in [-0.15, -0.1) is 11.3 Å². The van der Waals surface area contributed by atoms with Crippen molar-refractivity contribution in [3.63, 3.8) is 0 Å². The Morgan fingerprint density at radius 2 is 1.64 bits per heavy atom. The van der Waals surface area contributed by atoms with Gasteiger partial charge < -0.3 is 10.4 Å². The fourth-order valence-electron chi connectivity index (χ4n) is 3.04. The molecule has 11 heteroatoms. The molecule has 0 atom stereocenters. The lowest BCUT2D eigenvalue weighted by Crippen LogP contribution is -2.40. The fourth-order valence-corrected chi connectivity index (χ4v) is 5.73. The molecule has 9 nitrogen and oxygen atoms in total. The number of hydrogen-bond acceptors (Lipinski definition) is 6. The molecule has 33 heavy (non-hydrogen) atoms. The average molecular weight is 489 g/mol. The van der Waals surface area contributed by atoms with Crippen LogP contribution in [0.1, 0.15) is 27.7 Å². The molecule has 4 N–H and O–H groups in total. The van der Waals surface area contributed by atoms with Crippen LogP contribution in [-0.2, 0) is 14.8 Å². The van der Waals surface area contributed by atoms with Gasteiger partial charge in [-0.2, -0.15) is 0 Å². The number of amides is 2. The topological polar surface area (TPSA) is 137 Å². The first kappa shape index (κ1) is 24.4. The van der Waals surface area contributed by atoms with Crippen LogP contribution >= 0.6 is 11.3 Å². The maximum atomic E-state index is 13.2. The number of rotatable bonds is 6. The molecular formula is C22H24N4O5S2. The zero-order valence-electron chi connectivity index (χ0n) is 18.5. The smallest absolute Gasteiger partial charge is 0.409 e. The number of nitrogens with one attached hydrogen (secondary N) is 3. The van der Waals surface area contributed by atoms with Crippen LogP contribution in [0.15, 0.2) is 53.6 Å². The Morgan fingerprint density at radius 1 is 1.00 bits per heavy atom. The summed E-state index contributed by atoms with van der Waals surface area (Å²) in [5, 5.41) is 14.3. The van der Waals surface area contributed by atoms with Gasteiger partial charge in [-0.05, 0) is 57.2 Å². The molecule has 0 unspecified atom stereocenters. The van der Waals surface area contributed by atoms with Crippen molar-refractivity contribution >= 4 is 44.7 Å². The highest BCUT2D eigenvalue weighted by molar-refractivity contribution is 7.89. The van der Waals surface area contributed by atoms with E-state index < -0.39 is 21.7 Å². The van der Waals surface area contributed by atoms with Crippen molar-refractivity contribution in [3.8, 4) is 21.0 Å².